The number of rotatable bonds is 3. The molecule has 110 valence electrons. The minimum absolute atomic E-state index is 0.00647. The fourth-order valence-electron chi connectivity index (χ4n) is 1.59. The molecule has 21 heavy (non-hydrogen) atoms. The topological polar surface area (TPSA) is 38.0 Å². The zero-order valence-electron chi connectivity index (χ0n) is 10.2. The molecule has 2 nitrogen and oxygen atoms in total. The van der Waals surface area contributed by atoms with Gasteiger partial charge in [-0.2, -0.15) is 0 Å². The minimum atomic E-state index is -1.03. The van der Waals surface area contributed by atoms with Gasteiger partial charge < -0.3 is 11.1 Å². The summed E-state index contributed by atoms with van der Waals surface area (Å²) in [5.41, 5.74) is 4.24. The summed E-state index contributed by atoms with van der Waals surface area (Å²) in [5.74, 6) is -3.71. The Morgan fingerprint density at radius 1 is 0.952 bits per heavy atom. The number of hydrogen-bond acceptors (Lipinski definition) is 2. The van der Waals surface area contributed by atoms with Gasteiger partial charge in [-0.1, -0.05) is 12.2 Å². The fourth-order valence-corrected chi connectivity index (χ4v) is 2.02. The van der Waals surface area contributed by atoms with Crippen LogP contribution in [0.2, 0.25) is 0 Å². The van der Waals surface area contributed by atoms with Crippen molar-refractivity contribution in [1.82, 2.24) is 0 Å². The van der Waals surface area contributed by atoms with E-state index >= 15 is 0 Å². The van der Waals surface area contributed by atoms with Gasteiger partial charge in [-0.05, 0) is 34.1 Å². The molecule has 2 rings (SSSR count). The van der Waals surface area contributed by atoms with E-state index in [0.29, 0.717) is 0 Å². The molecule has 0 aliphatic carbocycles. The van der Waals surface area contributed by atoms with Gasteiger partial charge in [0.1, 0.15) is 33.9 Å². The minimum Gasteiger partial charge on any atom is -0.389 e. The first-order valence-corrected chi connectivity index (χ1v) is 6.70. The summed E-state index contributed by atoms with van der Waals surface area (Å²) in [7, 11) is 0. The van der Waals surface area contributed by atoms with E-state index in [0.717, 1.165) is 24.3 Å². The van der Waals surface area contributed by atoms with E-state index in [9.17, 15) is 17.6 Å². The van der Waals surface area contributed by atoms with Crippen LogP contribution in [0.3, 0.4) is 0 Å². The maximum atomic E-state index is 13.8. The van der Waals surface area contributed by atoms with E-state index in [2.05, 4.69) is 33.5 Å². The van der Waals surface area contributed by atoms with Crippen molar-refractivity contribution in [3.05, 3.63) is 57.6 Å². The van der Waals surface area contributed by atoms with Gasteiger partial charge in [-0.3, -0.25) is 0 Å². The summed E-state index contributed by atoms with van der Waals surface area (Å²) >= 11 is 7.42. The lowest BCUT2D eigenvalue weighted by molar-refractivity contribution is 0.585. The molecule has 0 amide bonds. The highest BCUT2D eigenvalue weighted by Gasteiger charge is 2.15. The molecule has 0 heterocycles. The maximum absolute atomic E-state index is 13.8. The summed E-state index contributed by atoms with van der Waals surface area (Å²) in [5, 5.41) is 2.17. The highest BCUT2D eigenvalue weighted by molar-refractivity contribution is 9.10. The SMILES string of the molecule is NC(=S)c1cc(F)c(Nc2cc(F)c(Br)cc2F)c(F)c1. The Kier molecular flexibility index (Phi) is 4.48. The molecule has 0 radical (unpaired) electrons. The van der Waals surface area contributed by atoms with Crippen LogP contribution in [-0.4, -0.2) is 4.99 Å². The van der Waals surface area contributed by atoms with Crippen molar-refractivity contribution in [2.24, 2.45) is 5.73 Å². The lowest BCUT2D eigenvalue weighted by atomic mass is 10.1. The van der Waals surface area contributed by atoms with Crippen molar-refractivity contribution in [1.29, 1.82) is 0 Å². The predicted octanol–water partition coefficient (Wildman–Crippen LogP) is 4.38. The second-order valence-electron chi connectivity index (χ2n) is 4.05. The molecule has 0 bridgehead atoms. The number of nitrogens with one attached hydrogen (secondary N) is 1. The van der Waals surface area contributed by atoms with Crippen LogP contribution in [0.5, 0.6) is 0 Å². The van der Waals surface area contributed by atoms with Gasteiger partial charge in [0.15, 0.2) is 0 Å². The highest BCUT2D eigenvalue weighted by Crippen LogP contribution is 2.29. The Hall–Kier alpha value is -1.67. The second kappa shape index (κ2) is 5.98. The van der Waals surface area contributed by atoms with E-state index in [1.165, 1.54) is 0 Å². The third-order valence-electron chi connectivity index (χ3n) is 2.60. The van der Waals surface area contributed by atoms with E-state index in [1.807, 2.05) is 0 Å². The van der Waals surface area contributed by atoms with Crippen molar-refractivity contribution in [3.63, 3.8) is 0 Å². The molecule has 0 spiro atoms. The van der Waals surface area contributed by atoms with Gasteiger partial charge in [0, 0.05) is 11.6 Å². The van der Waals surface area contributed by atoms with Crippen LogP contribution in [0.15, 0.2) is 28.7 Å². The molecule has 0 aliphatic rings. The Bertz CT molecular complexity index is 713. The smallest absolute Gasteiger partial charge is 0.150 e. The Labute approximate surface area is 131 Å². The monoisotopic (exact) mass is 378 g/mol. The summed E-state index contributed by atoms with van der Waals surface area (Å²) in [6.07, 6.45) is 0. The molecule has 0 aliphatic heterocycles. The molecular weight excluding hydrogens is 372 g/mol. The van der Waals surface area contributed by atoms with Crippen molar-refractivity contribution in [2.75, 3.05) is 5.32 Å². The predicted molar refractivity (Wildman–Crippen MR) is 79.6 cm³/mol. The molecule has 3 N–H and O–H groups in total. The third kappa shape index (κ3) is 3.33. The van der Waals surface area contributed by atoms with E-state index < -0.39 is 34.6 Å². The van der Waals surface area contributed by atoms with Crippen LogP contribution in [0.1, 0.15) is 5.56 Å². The van der Waals surface area contributed by atoms with Crippen molar-refractivity contribution >= 4 is 44.5 Å². The first kappa shape index (κ1) is 15.7. The quantitative estimate of drug-likeness (QED) is 0.472. The molecular formula is C13H7BrF4N2S. The van der Waals surface area contributed by atoms with Gasteiger partial charge in [0.05, 0.1) is 10.2 Å². The van der Waals surface area contributed by atoms with Crippen LogP contribution >= 0.6 is 28.1 Å². The fraction of sp³-hybridized carbons (Fsp3) is 0. The van der Waals surface area contributed by atoms with Crippen LogP contribution in [0, 0.1) is 23.3 Å². The normalized spacial score (nSPS) is 10.5. The van der Waals surface area contributed by atoms with Gasteiger partial charge in [0.25, 0.3) is 0 Å². The molecule has 0 saturated carbocycles. The van der Waals surface area contributed by atoms with Gasteiger partial charge >= 0.3 is 0 Å². The van der Waals surface area contributed by atoms with Crippen LogP contribution in [0.25, 0.3) is 0 Å². The molecule has 8 heteroatoms. The van der Waals surface area contributed by atoms with Gasteiger partial charge in [0.2, 0.25) is 0 Å². The summed E-state index contributed by atoms with van der Waals surface area (Å²) in [6.45, 7) is 0. The molecule has 0 aromatic heterocycles. The zero-order valence-corrected chi connectivity index (χ0v) is 12.6. The zero-order chi connectivity index (χ0) is 15.7. The molecule has 0 atom stereocenters. The number of nitrogens with two attached hydrogens (primary N) is 1. The molecule has 0 fully saturated rings. The van der Waals surface area contributed by atoms with Crippen molar-refractivity contribution in [2.45, 2.75) is 0 Å². The second-order valence-corrected chi connectivity index (χ2v) is 5.34. The Morgan fingerprint density at radius 3 is 2.05 bits per heavy atom. The van der Waals surface area contributed by atoms with E-state index in [-0.39, 0.29) is 15.0 Å². The first-order chi connectivity index (χ1) is 9.79. The van der Waals surface area contributed by atoms with Crippen molar-refractivity contribution in [3.8, 4) is 0 Å². The van der Waals surface area contributed by atoms with Crippen LogP contribution < -0.4 is 11.1 Å². The van der Waals surface area contributed by atoms with E-state index in [1.54, 1.807) is 0 Å². The number of hydrogen-bond donors (Lipinski definition) is 2. The average Bonchev–Trinajstić information content (AvgIpc) is 2.39. The summed E-state index contributed by atoms with van der Waals surface area (Å²) < 4.78 is 54.5. The number of benzene rings is 2. The average molecular weight is 379 g/mol. The number of halogens is 5. The standard InChI is InChI=1S/C13H7BrF4N2S/c14-6-3-8(16)11(4-7(6)15)20-12-9(17)1-5(13(19)21)2-10(12)18/h1-4,20H,(H2,19,21). The summed E-state index contributed by atoms with van der Waals surface area (Å²) in [6, 6.07) is 3.43. The number of anilines is 2. The third-order valence-corrected chi connectivity index (χ3v) is 3.44. The first-order valence-electron chi connectivity index (χ1n) is 5.50. The highest BCUT2D eigenvalue weighted by atomic mass is 79.9. The summed E-state index contributed by atoms with van der Waals surface area (Å²) in [4.78, 5) is -0.180. The van der Waals surface area contributed by atoms with Crippen LogP contribution in [-0.2, 0) is 0 Å². The Balaban J connectivity index is 2.45. The molecule has 0 unspecified atom stereocenters. The van der Waals surface area contributed by atoms with E-state index in [4.69, 9.17) is 5.73 Å². The van der Waals surface area contributed by atoms with Gasteiger partial charge in [-0.15, -0.1) is 0 Å². The van der Waals surface area contributed by atoms with Crippen molar-refractivity contribution < 1.29 is 17.6 Å². The van der Waals surface area contributed by atoms with Gasteiger partial charge in [-0.25, -0.2) is 17.6 Å². The molecule has 2 aromatic rings. The lowest BCUT2D eigenvalue weighted by Crippen LogP contribution is -2.11. The number of thiocarbonyl (C=S) groups is 1. The Morgan fingerprint density at radius 2 is 1.52 bits per heavy atom. The molecule has 0 saturated heterocycles. The largest absolute Gasteiger partial charge is 0.389 e. The molecule has 2 aromatic carbocycles. The lowest BCUT2D eigenvalue weighted by Gasteiger charge is -2.11. The maximum Gasteiger partial charge on any atom is 0.150 e. The van der Waals surface area contributed by atoms with Crippen LogP contribution in [0.4, 0.5) is 28.9 Å².